The number of H-pyrrole nitrogens is 1. The summed E-state index contributed by atoms with van der Waals surface area (Å²) in [5, 5.41) is 2.40. The molecule has 0 unspecified atom stereocenters. The van der Waals surface area contributed by atoms with Crippen molar-refractivity contribution in [1.29, 1.82) is 0 Å². The third-order valence-corrected chi connectivity index (χ3v) is 6.24. The standard InChI is InChI=1S/C23H17ClF3N5O3S.ClH/c1-35-22(34)31-21-29-17-9-7-15(11-18(17)30-21)36-14-5-3-13(4-6-14)32(20(28)33)19-10-12(23(25,26)27)2-8-16(19)24;/h2-11H,1H3,(H2,28,33)(H2,29,30,31,34);1H. The maximum absolute atomic E-state index is 13.2. The quantitative estimate of drug-likeness (QED) is 0.234. The molecule has 1 aromatic heterocycles. The van der Waals surface area contributed by atoms with Gasteiger partial charge in [0.15, 0.2) is 0 Å². The molecule has 0 aliphatic carbocycles. The highest BCUT2D eigenvalue weighted by Crippen LogP contribution is 2.39. The lowest BCUT2D eigenvalue weighted by Crippen LogP contribution is -2.31. The molecule has 0 aliphatic heterocycles. The minimum Gasteiger partial charge on any atom is -0.453 e. The summed E-state index contributed by atoms with van der Waals surface area (Å²) in [5.74, 6) is 0.239. The maximum atomic E-state index is 13.2. The fourth-order valence-electron chi connectivity index (χ4n) is 3.30. The monoisotopic (exact) mass is 571 g/mol. The van der Waals surface area contributed by atoms with Gasteiger partial charge in [-0.1, -0.05) is 23.4 Å². The largest absolute Gasteiger partial charge is 0.453 e. The number of alkyl halides is 3. The van der Waals surface area contributed by atoms with E-state index in [0.717, 1.165) is 32.9 Å². The van der Waals surface area contributed by atoms with E-state index >= 15 is 0 Å². The Bertz CT molecular complexity index is 1450. The number of anilines is 3. The van der Waals surface area contributed by atoms with Gasteiger partial charge in [-0.25, -0.2) is 14.6 Å². The van der Waals surface area contributed by atoms with Crippen molar-refractivity contribution in [3.05, 3.63) is 71.2 Å². The van der Waals surface area contributed by atoms with E-state index in [1.807, 2.05) is 12.1 Å². The van der Waals surface area contributed by atoms with Crippen LogP contribution in [0.3, 0.4) is 0 Å². The number of benzene rings is 3. The number of hydrogen-bond donors (Lipinski definition) is 3. The van der Waals surface area contributed by atoms with E-state index in [1.54, 1.807) is 30.3 Å². The highest BCUT2D eigenvalue weighted by atomic mass is 35.5. The molecule has 0 saturated carbocycles. The van der Waals surface area contributed by atoms with Crippen LogP contribution in [0, 0.1) is 0 Å². The second-order valence-electron chi connectivity index (χ2n) is 7.31. The number of aromatic nitrogens is 2. The van der Waals surface area contributed by atoms with E-state index in [9.17, 15) is 22.8 Å². The van der Waals surface area contributed by atoms with Crippen LogP contribution in [0.25, 0.3) is 11.0 Å². The smallest absolute Gasteiger partial charge is 0.416 e. The van der Waals surface area contributed by atoms with Gasteiger partial charge in [-0.15, -0.1) is 12.4 Å². The Labute approximate surface area is 223 Å². The topological polar surface area (TPSA) is 113 Å². The number of carbonyl (C=O) groups is 2. The van der Waals surface area contributed by atoms with Gasteiger partial charge >= 0.3 is 18.3 Å². The van der Waals surface area contributed by atoms with Crippen molar-refractivity contribution in [2.45, 2.75) is 16.0 Å². The van der Waals surface area contributed by atoms with Crippen molar-refractivity contribution < 1.29 is 27.5 Å². The molecule has 4 N–H and O–H groups in total. The number of halogens is 5. The number of ether oxygens (including phenoxy) is 1. The van der Waals surface area contributed by atoms with Crippen LogP contribution in [-0.2, 0) is 10.9 Å². The van der Waals surface area contributed by atoms with Crippen molar-refractivity contribution in [3.63, 3.8) is 0 Å². The molecule has 0 bridgehead atoms. The molecule has 0 radical (unpaired) electrons. The van der Waals surface area contributed by atoms with Crippen LogP contribution in [0.4, 0.5) is 40.1 Å². The van der Waals surface area contributed by atoms with Crippen LogP contribution in [0.1, 0.15) is 5.56 Å². The number of urea groups is 1. The van der Waals surface area contributed by atoms with Gasteiger partial charge in [0.25, 0.3) is 0 Å². The zero-order chi connectivity index (χ0) is 26.0. The Balaban J connectivity index is 0.00000380. The second kappa shape index (κ2) is 11.2. The minimum absolute atomic E-state index is 0. The summed E-state index contributed by atoms with van der Waals surface area (Å²) in [4.78, 5) is 33.3. The van der Waals surface area contributed by atoms with Gasteiger partial charge in [-0.2, -0.15) is 13.2 Å². The summed E-state index contributed by atoms with van der Waals surface area (Å²) < 4.78 is 44.1. The molecule has 14 heteroatoms. The first-order valence-electron chi connectivity index (χ1n) is 10.1. The number of hydrogen-bond acceptors (Lipinski definition) is 5. The summed E-state index contributed by atoms with van der Waals surface area (Å²) in [6, 6.07) is 13.6. The predicted octanol–water partition coefficient (Wildman–Crippen LogP) is 7.20. The third kappa shape index (κ3) is 6.40. The molecule has 4 rings (SSSR count). The molecule has 8 nitrogen and oxygen atoms in total. The summed E-state index contributed by atoms with van der Waals surface area (Å²) in [6.45, 7) is 0. The highest BCUT2D eigenvalue weighted by Gasteiger charge is 2.32. The van der Waals surface area contributed by atoms with Crippen molar-refractivity contribution >= 4 is 76.3 Å². The Morgan fingerprint density at radius 2 is 1.76 bits per heavy atom. The summed E-state index contributed by atoms with van der Waals surface area (Å²) >= 11 is 7.49. The van der Waals surface area contributed by atoms with E-state index in [0.29, 0.717) is 11.0 Å². The maximum Gasteiger partial charge on any atom is 0.416 e. The molecule has 37 heavy (non-hydrogen) atoms. The zero-order valence-electron chi connectivity index (χ0n) is 18.8. The zero-order valence-corrected chi connectivity index (χ0v) is 21.2. The number of nitrogens with one attached hydrogen (secondary N) is 2. The molecule has 0 aliphatic rings. The number of nitrogens with two attached hydrogens (primary N) is 1. The molecule has 3 aromatic carbocycles. The van der Waals surface area contributed by atoms with Gasteiger partial charge in [0.2, 0.25) is 5.95 Å². The Morgan fingerprint density at radius 3 is 2.38 bits per heavy atom. The van der Waals surface area contributed by atoms with Gasteiger partial charge in [-0.3, -0.25) is 10.2 Å². The van der Waals surface area contributed by atoms with Crippen molar-refractivity contribution in [1.82, 2.24) is 9.97 Å². The average molecular weight is 572 g/mol. The number of nitrogens with zero attached hydrogens (tertiary/aromatic N) is 2. The van der Waals surface area contributed by atoms with Gasteiger partial charge in [0.1, 0.15) is 0 Å². The van der Waals surface area contributed by atoms with E-state index in [1.165, 1.54) is 18.9 Å². The molecule has 3 amide bonds. The lowest BCUT2D eigenvalue weighted by atomic mass is 10.1. The number of imidazole rings is 1. The Hall–Kier alpha value is -3.61. The number of primary amides is 1. The number of methoxy groups -OCH3 is 1. The van der Waals surface area contributed by atoms with Gasteiger partial charge in [0.05, 0.1) is 40.1 Å². The number of fused-ring (bicyclic) bond motifs is 1. The summed E-state index contributed by atoms with van der Waals surface area (Å²) in [5.41, 5.74) is 5.91. The fraction of sp³-hybridized carbons (Fsp3) is 0.0870. The first kappa shape index (κ1) is 28.0. The van der Waals surface area contributed by atoms with Crippen LogP contribution in [0.5, 0.6) is 0 Å². The molecule has 0 saturated heterocycles. The lowest BCUT2D eigenvalue weighted by molar-refractivity contribution is -0.137. The Morgan fingerprint density at radius 1 is 1.08 bits per heavy atom. The molecule has 0 spiro atoms. The van der Waals surface area contributed by atoms with Crippen LogP contribution in [0.2, 0.25) is 5.02 Å². The first-order valence-corrected chi connectivity index (χ1v) is 11.3. The number of carbonyl (C=O) groups excluding carboxylic acids is 2. The normalized spacial score (nSPS) is 11.1. The van der Waals surface area contributed by atoms with Gasteiger partial charge < -0.3 is 15.5 Å². The van der Waals surface area contributed by atoms with E-state index in [-0.39, 0.29) is 34.8 Å². The van der Waals surface area contributed by atoms with Crippen molar-refractivity contribution in [3.8, 4) is 0 Å². The molecular weight excluding hydrogens is 554 g/mol. The number of aromatic amines is 1. The second-order valence-corrected chi connectivity index (χ2v) is 8.87. The van der Waals surface area contributed by atoms with Crippen LogP contribution < -0.4 is 16.0 Å². The van der Waals surface area contributed by atoms with Crippen LogP contribution in [0.15, 0.2) is 70.5 Å². The van der Waals surface area contributed by atoms with Crippen molar-refractivity contribution in [2.75, 3.05) is 17.3 Å². The fourth-order valence-corrected chi connectivity index (χ4v) is 4.36. The summed E-state index contributed by atoms with van der Waals surface area (Å²) in [7, 11) is 1.24. The molecule has 0 atom stereocenters. The van der Waals surface area contributed by atoms with E-state index in [2.05, 4.69) is 20.0 Å². The van der Waals surface area contributed by atoms with Gasteiger partial charge in [0, 0.05) is 9.79 Å². The van der Waals surface area contributed by atoms with Crippen LogP contribution in [-0.4, -0.2) is 29.2 Å². The predicted molar refractivity (Wildman–Crippen MR) is 138 cm³/mol. The Kier molecular flexibility index (Phi) is 8.46. The number of rotatable bonds is 5. The molecule has 0 fully saturated rings. The summed E-state index contributed by atoms with van der Waals surface area (Å²) in [6.07, 6.45) is -5.27. The minimum atomic E-state index is -4.62. The average Bonchev–Trinajstić information content (AvgIpc) is 3.22. The molecular formula is C23H18Cl2F3N5O3S. The van der Waals surface area contributed by atoms with Gasteiger partial charge in [-0.05, 0) is 60.7 Å². The lowest BCUT2D eigenvalue weighted by Gasteiger charge is -2.23. The first-order chi connectivity index (χ1) is 17.0. The SMILES string of the molecule is COC(=O)Nc1nc2ccc(Sc3ccc(N(C(N)=O)c4cc(C(F)(F)F)ccc4Cl)cc3)cc2[nH]1.Cl. The van der Waals surface area contributed by atoms with E-state index < -0.39 is 23.9 Å². The van der Waals surface area contributed by atoms with Crippen LogP contribution >= 0.6 is 35.8 Å². The highest BCUT2D eigenvalue weighted by molar-refractivity contribution is 7.99. The molecule has 194 valence electrons. The molecule has 1 heterocycles. The molecule has 4 aromatic rings. The third-order valence-electron chi connectivity index (χ3n) is 4.92. The number of amides is 3. The van der Waals surface area contributed by atoms with E-state index in [4.69, 9.17) is 17.3 Å². The van der Waals surface area contributed by atoms with Crippen molar-refractivity contribution in [2.24, 2.45) is 5.73 Å².